The highest BCUT2D eigenvalue weighted by Gasteiger charge is 2.26. The lowest BCUT2D eigenvalue weighted by Crippen LogP contribution is -2.34. The molecule has 5 aromatic rings. The Labute approximate surface area is 201 Å². The van der Waals surface area contributed by atoms with Crippen LogP contribution in [0.5, 0.6) is 0 Å². The molecule has 0 fully saturated rings. The molecule has 35 heavy (non-hydrogen) atoms. The van der Waals surface area contributed by atoms with E-state index in [9.17, 15) is 13.6 Å². The van der Waals surface area contributed by atoms with Gasteiger partial charge in [0.15, 0.2) is 11.6 Å². The van der Waals surface area contributed by atoms with Crippen LogP contribution in [0.3, 0.4) is 0 Å². The van der Waals surface area contributed by atoms with E-state index >= 15 is 0 Å². The highest BCUT2D eigenvalue weighted by atomic mass is 19.2. The van der Waals surface area contributed by atoms with Crippen molar-refractivity contribution in [1.29, 1.82) is 0 Å². The third-order valence-electron chi connectivity index (χ3n) is 6.19. The molecule has 2 heterocycles. The molecule has 0 aliphatic rings. The van der Waals surface area contributed by atoms with Crippen LogP contribution in [0.25, 0.3) is 22.1 Å². The van der Waals surface area contributed by atoms with Crippen molar-refractivity contribution in [2.24, 2.45) is 5.92 Å². The zero-order chi connectivity index (χ0) is 24.5. The van der Waals surface area contributed by atoms with E-state index in [-0.39, 0.29) is 11.8 Å². The lowest BCUT2D eigenvalue weighted by molar-refractivity contribution is -0.125. The Bertz CT molecular complexity index is 1500. The van der Waals surface area contributed by atoms with Crippen molar-refractivity contribution in [1.82, 2.24) is 24.4 Å². The third kappa shape index (κ3) is 4.51. The van der Waals surface area contributed by atoms with Crippen LogP contribution in [0.1, 0.15) is 31.0 Å². The number of rotatable bonds is 7. The summed E-state index contributed by atoms with van der Waals surface area (Å²) in [5.41, 5.74) is 4.83. The Morgan fingerprint density at radius 2 is 1.57 bits per heavy atom. The molecule has 6 nitrogen and oxygen atoms in total. The van der Waals surface area contributed by atoms with Gasteiger partial charge in [-0.1, -0.05) is 50.2 Å². The second kappa shape index (κ2) is 9.29. The zero-order valence-electron chi connectivity index (χ0n) is 19.5. The fourth-order valence-electron chi connectivity index (χ4n) is 4.38. The number of amides is 1. The number of benzene rings is 3. The van der Waals surface area contributed by atoms with Crippen LogP contribution in [-0.4, -0.2) is 25.0 Å². The van der Waals surface area contributed by atoms with Gasteiger partial charge in [0, 0.05) is 25.2 Å². The van der Waals surface area contributed by atoms with Gasteiger partial charge in [-0.2, -0.15) is 0 Å². The molecule has 8 heteroatoms. The first-order valence-corrected chi connectivity index (χ1v) is 11.5. The lowest BCUT2D eigenvalue weighted by Gasteiger charge is -2.22. The van der Waals surface area contributed by atoms with Gasteiger partial charge in [0.2, 0.25) is 5.91 Å². The molecule has 1 unspecified atom stereocenters. The molecule has 0 spiro atoms. The molecule has 2 aromatic heterocycles. The molecule has 1 atom stereocenters. The largest absolute Gasteiger partial charge is 0.350 e. The number of imidazole rings is 2. The number of nitrogens with one attached hydrogen (secondary N) is 1. The fourth-order valence-corrected chi connectivity index (χ4v) is 4.38. The summed E-state index contributed by atoms with van der Waals surface area (Å²) in [5.74, 6) is -2.23. The number of carbonyl (C=O) groups is 1. The number of hydrogen-bond donors (Lipinski definition) is 1. The first-order chi connectivity index (χ1) is 16.9. The monoisotopic (exact) mass is 473 g/mol. The van der Waals surface area contributed by atoms with E-state index in [2.05, 4.69) is 19.9 Å². The fraction of sp³-hybridized carbons (Fsp3) is 0.222. The first kappa shape index (κ1) is 22.7. The van der Waals surface area contributed by atoms with Crippen molar-refractivity contribution >= 4 is 28.0 Å². The number of nitrogens with zero attached hydrogens (tertiary/aromatic N) is 4. The Hall–Kier alpha value is -4.07. The van der Waals surface area contributed by atoms with Gasteiger partial charge in [0.25, 0.3) is 0 Å². The summed E-state index contributed by atoms with van der Waals surface area (Å²) in [5, 5.41) is 2.98. The van der Waals surface area contributed by atoms with Gasteiger partial charge in [-0.15, -0.1) is 0 Å². The van der Waals surface area contributed by atoms with Crippen molar-refractivity contribution < 1.29 is 13.6 Å². The van der Waals surface area contributed by atoms with Crippen molar-refractivity contribution in [3.05, 3.63) is 96.1 Å². The van der Waals surface area contributed by atoms with Crippen LogP contribution in [0.4, 0.5) is 8.78 Å². The molecule has 3 aromatic carbocycles. The van der Waals surface area contributed by atoms with Crippen molar-refractivity contribution in [2.45, 2.75) is 33.0 Å². The molecule has 5 rings (SSSR count). The lowest BCUT2D eigenvalue weighted by atomic mass is 10.0. The van der Waals surface area contributed by atoms with Gasteiger partial charge < -0.3 is 14.5 Å². The van der Waals surface area contributed by atoms with E-state index in [1.165, 1.54) is 6.33 Å². The maximum absolute atomic E-state index is 13.8. The standard InChI is InChI=1S/C27H25F2N5O/c1-17(2)26(34-16-32-23-11-20(28)21(29)12-25(23)34)27(35)30-13-18-7-9-19(10-8-18)14-33-15-31-22-5-3-4-6-24(22)33/h3-12,15-17,26H,13-14H2,1-2H3,(H,30,35). The maximum Gasteiger partial charge on any atom is 0.243 e. The summed E-state index contributed by atoms with van der Waals surface area (Å²) in [4.78, 5) is 21.7. The Morgan fingerprint density at radius 3 is 2.34 bits per heavy atom. The average molecular weight is 474 g/mol. The summed E-state index contributed by atoms with van der Waals surface area (Å²) >= 11 is 0. The number of fused-ring (bicyclic) bond motifs is 2. The minimum Gasteiger partial charge on any atom is -0.350 e. The zero-order valence-corrected chi connectivity index (χ0v) is 19.5. The predicted molar refractivity (Wildman–Crippen MR) is 131 cm³/mol. The molecule has 0 bridgehead atoms. The average Bonchev–Trinajstić information content (AvgIpc) is 3.43. The Morgan fingerprint density at radius 1 is 0.886 bits per heavy atom. The van der Waals surface area contributed by atoms with Crippen LogP contribution in [0, 0.1) is 17.6 Å². The molecule has 0 aliphatic heterocycles. The molecule has 1 N–H and O–H groups in total. The topological polar surface area (TPSA) is 64.7 Å². The van der Waals surface area contributed by atoms with E-state index in [1.54, 1.807) is 4.57 Å². The molecule has 1 amide bonds. The second-order valence-electron chi connectivity index (χ2n) is 8.99. The highest BCUT2D eigenvalue weighted by molar-refractivity contribution is 5.84. The summed E-state index contributed by atoms with van der Waals surface area (Å²) < 4.78 is 31.1. The SMILES string of the molecule is CC(C)C(C(=O)NCc1ccc(Cn2cnc3ccccc32)cc1)n1cnc2cc(F)c(F)cc21. The van der Waals surface area contributed by atoms with E-state index in [1.807, 2.05) is 68.7 Å². The van der Waals surface area contributed by atoms with E-state index in [0.717, 1.165) is 34.3 Å². The summed E-state index contributed by atoms with van der Waals surface area (Å²) in [7, 11) is 0. The smallest absolute Gasteiger partial charge is 0.243 e. The molecule has 178 valence electrons. The Kier molecular flexibility index (Phi) is 6.03. The van der Waals surface area contributed by atoms with Gasteiger partial charge in [0.05, 0.1) is 34.7 Å². The molecule has 0 radical (unpaired) electrons. The summed E-state index contributed by atoms with van der Waals surface area (Å²) in [6.07, 6.45) is 3.30. The third-order valence-corrected chi connectivity index (χ3v) is 6.19. The van der Waals surface area contributed by atoms with Gasteiger partial charge in [0.1, 0.15) is 6.04 Å². The highest BCUT2D eigenvalue weighted by Crippen LogP contribution is 2.26. The van der Waals surface area contributed by atoms with Crippen LogP contribution < -0.4 is 5.32 Å². The summed E-state index contributed by atoms with van der Waals surface area (Å²) in [6.45, 7) is 4.87. The van der Waals surface area contributed by atoms with Crippen molar-refractivity contribution in [2.75, 3.05) is 0 Å². The van der Waals surface area contributed by atoms with E-state index in [0.29, 0.717) is 24.1 Å². The number of para-hydroxylation sites is 2. The van der Waals surface area contributed by atoms with Crippen LogP contribution in [-0.2, 0) is 17.9 Å². The number of aromatic nitrogens is 4. The van der Waals surface area contributed by atoms with Gasteiger partial charge in [-0.25, -0.2) is 18.7 Å². The number of carbonyl (C=O) groups excluding carboxylic acids is 1. The minimum absolute atomic E-state index is 0.0899. The molecule has 0 saturated carbocycles. The van der Waals surface area contributed by atoms with Crippen LogP contribution >= 0.6 is 0 Å². The second-order valence-corrected chi connectivity index (χ2v) is 8.99. The minimum atomic E-state index is -0.967. The molecular formula is C27H25F2N5O. The van der Waals surface area contributed by atoms with Crippen molar-refractivity contribution in [3.63, 3.8) is 0 Å². The molecule has 0 saturated heterocycles. The van der Waals surface area contributed by atoms with Gasteiger partial charge in [-0.3, -0.25) is 4.79 Å². The Balaban J connectivity index is 1.28. The predicted octanol–water partition coefficient (Wildman–Crippen LogP) is 5.23. The number of hydrogen-bond acceptors (Lipinski definition) is 3. The van der Waals surface area contributed by atoms with E-state index < -0.39 is 17.7 Å². The maximum atomic E-state index is 13.8. The van der Waals surface area contributed by atoms with Crippen LogP contribution in [0.15, 0.2) is 73.3 Å². The van der Waals surface area contributed by atoms with E-state index in [4.69, 9.17) is 0 Å². The summed E-state index contributed by atoms with van der Waals surface area (Å²) in [6, 6.07) is 17.6. The number of halogens is 2. The molecule has 0 aliphatic carbocycles. The first-order valence-electron chi connectivity index (χ1n) is 11.5. The van der Waals surface area contributed by atoms with Gasteiger partial charge in [-0.05, 0) is 29.2 Å². The molecular weight excluding hydrogens is 448 g/mol. The van der Waals surface area contributed by atoms with Crippen molar-refractivity contribution in [3.8, 4) is 0 Å². The van der Waals surface area contributed by atoms with Crippen LogP contribution in [0.2, 0.25) is 0 Å². The van der Waals surface area contributed by atoms with Gasteiger partial charge >= 0.3 is 0 Å². The quantitative estimate of drug-likeness (QED) is 0.352. The normalized spacial score (nSPS) is 12.5.